The van der Waals surface area contributed by atoms with Gasteiger partial charge in [0.25, 0.3) is 0 Å². The Labute approximate surface area is 100 Å². The molecular formula is C13H27N3. The van der Waals surface area contributed by atoms with Gasteiger partial charge in [0.1, 0.15) is 0 Å². The summed E-state index contributed by atoms with van der Waals surface area (Å²) in [6.07, 6.45) is 5.10. The van der Waals surface area contributed by atoms with Crippen molar-refractivity contribution >= 4 is 5.96 Å². The minimum absolute atomic E-state index is 0.443. The number of nitrogens with one attached hydrogen (secondary N) is 1. The van der Waals surface area contributed by atoms with Crippen molar-refractivity contribution in [2.45, 2.75) is 46.5 Å². The van der Waals surface area contributed by atoms with Crippen molar-refractivity contribution in [3.63, 3.8) is 0 Å². The monoisotopic (exact) mass is 225 g/mol. The van der Waals surface area contributed by atoms with Crippen LogP contribution < -0.4 is 5.32 Å². The molecule has 16 heavy (non-hydrogen) atoms. The molecule has 0 aromatic rings. The van der Waals surface area contributed by atoms with Crippen molar-refractivity contribution in [3.05, 3.63) is 0 Å². The third-order valence-electron chi connectivity index (χ3n) is 3.00. The minimum atomic E-state index is 0.443. The Hall–Kier alpha value is -0.730. The van der Waals surface area contributed by atoms with Crippen molar-refractivity contribution in [2.75, 3.05) is 26.7 Å². The molecule has 1 fully saturated rings. The normalized spacial score (nSPS) is 18.0. The van der Waals surface area contributed by atoms with Gasteiger partial charge in [0, 0.05) is 26.7 Å². The maximum atomic E-state index is 4.34. The quantitative estimate of drug-likeness (QED) is 0.454. The van der Waals surface area contributed by atoms with E-state index in [1.54, 1.807) is 0 Å². The lowest BCUT2D eigenvalue weighted by Crippen LogP contribution is -2.40. The van der Waals surface area contributed by atoms with Gasteiger partial charge in [-0.3, -0.25) is 4.99 Å². The van der Waals surface area contributed by atoms with E-state index >= 15 is 0 Å². The molecule has 1 aliphatic heterocycles. The Bertz CT molecular complexity index is 222. The van der Waals surface area contributed by atoms with Crippen LogP contribution in [0, 0.1) is 5.41 Å². The molecule has 0 aliphatic carbocycles. The Kier molecular flexibility index (Phi) is 5.10. The molecule has 0 amide bonds. The lowest BCUT2D eigenvalue weighted by molar-refractivity contribution is 0.363. The fourth-order valence-corrected chi connectivity index (χ4v) is 2.08. The van der Waals surface area contributed by atoms with Crippen LogP contribution in [0.4, 0.5) is 0 Å². The zero-order chi connectivity index (χ0) is 12.0. The molecule has 0 radical (unpaired) electrons. The van der Waals surface area contributed by atoms with Crippen LogP contribution in [0.3, 0.4) is 0 Å². The molecule has 3 nitrogen and oxygen atoms in total. The van der Waals surface area contributed by atoms with Gasteiger partial charge >= 0.3 is 0 Å². The van der Waals surface area contributed by atoms with Crippen molar-refractivity contribution in [2.24, 2.45) is 10.4 Å². The average Bonchev–Trinajstić information content (AvgIpc) is 2.69. The highest BCUT2D eigenvalue weighted by molar-refractivity contribution is 5.80. The predicted octanol–water partition coefficient (Wildman–Crippen LogP) is 2.48. The summed E-state index contributed by atoms with van der Waals surface area (Å²) in [7, 11) is 1.88. The molecule has 1 rings (SSSR count). The predicted molar refractivity (Wildman–Crippen MR) is 70.9 cm³/mol. The zero-order valence-corrected chi connectivity index (χ0v) is 11.3. The van der Waals surface area contributed by atoms with Gasteiger partial charge in [-0.25, -0.2) is 0 Å². The van der Waals surface area contributed by atoms with Crippen molar-refractivity contribution in [1.82, 2.24) is 10.2 Å². The summed E-state index contributed by atoms with van der Waals surface area (Å²) in [6.45, 7) is 10.3. The third kappa shape index (κ3) is 4.86. The Morgan fingerprint density at radius 2 is 1.88 bits per heavy atom. The lowest BCUT2D eigenvalue weighted by atomic mass is 9.91. The van der Waals surface area contributed by atoms with Crippen LogP contribution in [0.2, 0.25) is 0 Å². The second-order valence-electron chi connectivity index (χ2n) is 5.83. The van der Waals surface area contributed by atoms with E-state index in [9.17, 15) is 0 Å². The highest BCUT2D eigenvalue weighted by atomic mass is 15.3. The number of nitrogens with zero attached hydrogens (tertiary/aromatic N) is 2. The van der Waals surface area contributed by atoms with Crippen molar-refractivity contribution in [1.29, 1.82) is 0 Å². The summed E-state index contributed by atoms with van der Waals surface area (Å²) in [6, 6.07) is 0. The Morgan fingerprint density at radius 1 is 1.25 bits per heavy atom. The molecule has 94 valence electrons. The second-order valence-corrected chi connectivity index (χ2v) is 5.83. The van der Waals surface area contributed by atoms with E-state index in [0.717, 1.165) is 12.5 Å². The fourth-order valence-electron chi connectivity index (χ4n) is 2.08. The maximum Gasteiger partial charge on any atom is 0.193 e. The Balaban J connectivity index is 2.20. The van der Waals surface area contributed by atoms with Crippen LogP contribution in [-0.2, 0) is 0 Å². The van der Waals surface area contributed by atoms with Gasteiger partial charge < -0.3 is 10.2 Å². The standard InChI is InChI=1S/C13H27N3/c1-13(2,3)8-7-9-15-12(14-4)16-10-5-6-11-16/h5-11H2,1-4H3,(H,14,15). The van der Waals surface area contributed by atoms with Gasteiger partial charge in [0.2, 0.25) is 0 Å². The molecule has 0 saturated carbocycles. The number of hydrogen-bond donors (Lipinski definition) is 1. The molecular weight excluding hydrogens is 198 g/mol. The summed E-state index contributed by atoms with van der Waals surface area (Å²) in [5.41, 5.74) is 0.443. The molecule has 0 aromatic heterocycles. The number of aliphatic imine (C=N–C) groups is 1. The van der Waals surface area contributed by atoms with Crippen LogP contribution in [0.1, 0.15) is 46.5 Å². The molecule has 3 heteroatoms. The highest BCUT2D eigenvalue weighted by Crippen LogP contribution is 2.19. The number of guanidine groups is 1. The summed E-state index contributed by atoms with van der Waals surface area (Å²) < 4.78 is 0. The summed E-state index contributed by atoms with van der Waals surface area (Å²) in [5, 5.41) is 3.46. The van der Waals surface area contributed by atoms with Gasteiger partial charge in [0.05, 0.1) is 0 Å². The summed E-state index contributed by atoms with van der Waals surface area (Å²) in [4.78, 5) is 6.69. The van der Waals surface area contributed by atoms with Crippen LogP contribution in [0.5, 0.6) is 0 Å². The summed E-state index contributed by atoms with van der Waals surface area (Å²) in [5.74, 6) is 1.09. The topological polar surface area (TPSA) is 27.6 Å². The molecule has 0 aromatic carbocycles. The maximum absolute atomic E-state index is 4.34. The molecule has 0 spiro atoms. The highest BCUT2D eigenvalue weighted by Gasteiger charge is 2.15. The van der Waals surface area contributed by atoms with E-state index in [4.69, 9.17) is 0 Å². The van der Waals surface area contributed by atoms with Gasteiger partial charge in [-0.2, -0.15) is 0 Å². The van der Waals surface area contributed by atoms with Crippen LogP contribution in [0.15, 0.2) is 4.99 Å². The van der Waals surface area contributed by atoms with Crippen LogP contribution in [-0.4, -0.2) is 37.5 Å². The molecule has 1 saturated heterocycles. The van der Waals surface area contributed by atoms with Crippen LogP contribution in [0.25, 0.3) is 0 Å². The van der Waals surface area contributed by atoms with E-state index in [0.29, 0.717) is 5.41 Å². The van der Waals surface area contributed by atoms with Gasteiger partial charge in [-0.15, -0.1) is 0 Å². The first kappa shape index (κ1) is 13.3. The van der Waals surface area contributed by atoms with Gasteiger partial charge in [0.15, 0.2) is 5.96 Å². The first-order chi connectivity index (χ1) is 7.53. The first-order valence-electron chi connectivity index (χ1n) is 6.48. The molecule has 1 N–H and O–H groups in total. The SMILES string of the molecule is CN=C(NCCCC(C)(C)C)N1CCCC1. The molecule has 1 heterocycles. The number of rotatable bonds is 3. The van der Waals surface area contributed by atoms with Crippen molar-refractivity contribution in [3.8, 4) is 0 Å². The number of likely N-dealkylation sites (tertiary alicyclic amines) is 1. The fraction of sp³-hybridized carbons (Fsp3) is 0.923. The smallest absolute Gasteiger partial charge is 0.193 e. The average molecular weight is 225 g/mol. The molecule has 1 aliphatic rings. The summed E-state index contributed by atoms with van der Waals surface area (Å²) >= 11 is 0. The zero-order valence-electron chi connectivity index (χ0n) is 11.3. The van der Waals surface area contributed by atoms with Gasteiger partial charge in [-0.1, -0.05) is 20.8 Å². The largest absolute Gasteiger partial charge is 0.356 e. The lowest BCUT2D eigenvalue weighted by Gasteiger charge is -2.22. The van der Waals surface area contributed by atoms with Crippen molar-refractivity contribution < 1.29 is 0 Å². The van der Waals surface area contributed by atoms with Crippen LogP contribution >= 0.6 is 0 Å². The molecule has 0 unspecified atom stereocenters. The first-order valence-corrected chi connectivity index (χ1v) is 6.48. The van der Waals surface area contributed by atoms with E-state index in [1.807, 2.05) is 7.05 Å². The van der Waals surface area contributed by atoms with E-state index in [1.165, 1.54) is 38.8 Å². The molecule has 0 atom stereocenters. The minimum Gasteiger partial charge on any atom is -0.356 e. The van der Waals surface area contributed by atoms with E-state index in [2.05, 4.69) is 36.0 Å². The second kappa shape index (κ2) is 6.12. The number of hydrogen-bond acceptors (Lipinski definition) is 1. The van der Waals surface area contributed by atoms with E-state index in [-0.39, 0.29) is 0 Å². The van der Waals surface area contributed by atoms with E-state index < -0.39 is 0 Å². The molecule has 0 bridgehead atoms. The Morgan fingerprint density at radius 3 is 2.38 bits per heavy atom. The third-order valence-corrected chi connectivity index (χ3v) is 3.00. The van der Waals surface area contributed by atoms with Gasteiger partial charge in [-0.05, 0) is 31.1 Å².